The van der Waals surface area contributed by atoms with Gasteiger partial charge in [-0.2, -0.15) is 5.10 Å². The highest BCUT2D eigenvalue weighted by atomic mass is 19.1. The number of nitrogens with one attached hydrogen (secondary N) is 1. The highest BCUT2D eigenvalue weighted by molar-refractivity contribution is 5.76. The van der Waals surface area contributed by atoms with E-state index in [1.54, 1.807) is 25.4 Å². The van der Waals surface area contributed by atoms with Crippen molar-refractivity contribution < 1.29 is 9.18 Å². The zero-order valence-corrected chi connectivity index (χ0v) is 12.5. The van der Waals surface area contributed by atoms with Crippen molar-refractivity contribution in [1.82, 2.24) is 20.0 Å². The molecule has 116 valence electrons. The van der Waals surface area contributed by atoms with Crippen molar-refractivity contribution in [2.75, 3.05) is 13.6 Å². The molecule has 5 nitrogen and oxygen atoms in total. The van der Waals surface area contributed by atoms with Crippen molar-refractivity contribution in [2.45, 2.75) is 25.6 Å². The Hall–Kier alpha value is -2.21. The number of nitrogens with zero attached hydrogens (tertiary/aromatic N) is 3. The molecule has 1 aromatic carbocycles. The van der Waals surface area contributed by atoms with E-state index in [0.29, 0.717) is 31.6 Å². The lowest BCUT2D eigenvalue weighted by Gasteiger charge is -2.33. The molecule has 1 atom stereocenters. The van der Waals surface area contributed by atoms with Crippen molar-refractivity contribution in [3.05, 3.63) is 53.6 Å². The van der Waals surface area contributed by atoms with Crippen LogP contribution in [0.3, 0.4) is 0 Å². The number of halogens is 1. The first-order valence-electron chi connectivity index (χ1n) is 7.36. The van der Waals surface area contributed by atoms with Crippen LogP contribution in [0, 0.1) is 5.82 Å². The van der Waals surface area contributed by atoms with Gasteiger partial charge in [-0.25, -0.2) is 4.39 Å². The molecule has 6 heteroatoms. The van der Waals surface area contributed by atoms with Gasteiger partial charge in [-0.3, -0.25) is 14.4 Å². The van der Waals surface area contributed by atoms with Crippen molar-refractivity contribution in [3.8, 4) is 0 Å². The number of hydrogen-bond donors (Lipinski definition) is 1. The fourth-order valence-corrected chi connectivity index (χ4v) is 2.92. The third kappa shape index (κ3) is 3.01. The normalized spacial score (nSPS) is 18.0. The van der Waals surface area contributed by atoms with Gasteiger partial charge in [-0.05, 0) is 12.1 Å². The number of amides is 1. The molecule has 1 amide bonds. The van der Waals surface area contributed by atoms with Gasteiger partial charge in [0, 0.05) is 38.4 Å². The third-order valence-corrected chi connectivity index (χ3v) is 4.00. The van der Waals surface area contributed by atoms with E-state index in [-0.39, 0.29) is 17.8 Å². The molecule has 1 aromatic heterocycles. The molecule has 0 bridgehead atoms. The predicted octanol–water partition coefficient (Wildman–Crippen LogP) is 1.72. The number of carbonyl (C=O) groups is 1. The fourth-order valence-electron chi connectivity index (χ4n) is 2.92. The lowest BCUT2D eigenvalue weighted by molar-refractivity contribution is -0.121. The largest absolute Gasteiger partial charge is 0.359 e. The Morgan fingerprint density at radius 1 is 1.41 bits per heavy atom. The van der Waals surface area contributed by atoms with Gasteiger partial charge in [0.15, 0.2) is 0 Å². The van der Waals surface area contributed by atoms with Crippen LogP contribution >= 0.6 is 0 Å². The first-order valence-corrected chi connectivity index (χ1v) is 7.36. The van der Waals surface area contributed by atoms with E-state index in [2.05, 4.69) is 15.3 Å². The summed E-state index contributed by atoms with van der Waals surface area (Å²) >= 11 is 0. The molecular weight excluding hydrogens is 283 g/mol. The van der Waals surface area contributed by atoms with Gasteiger partial charge in [-0.15, -0.1) is 0 Å². The average molecular weight is 302 g/mol. The number of benzene rings is 1. The van der Waals surface area contributed by atoms with Gasteiger partial charge in [-0.1, -0.05) is 18.2 Å². The average Bonchev–Trinajstić information content (AvgIpc) is 2.98. The van der Waals surface area contributed by atoms with Crippen molar-refractivity contribution in [2.24, 2.45) is 0 Å². The quantitative estimate of drug-likeness (QED) is 0.935. The Morgan fingerprint density at radius 3 is 3.00 bits per heavy atom. The molecule has 0 fully saturated rings. The van der Waals surface area contributed by atoms with Gasteiger partial charge < -0.3 is 5.32 Å². The summed E-state index contributed by atoms with van der Waals surface area (Å²) in [5, 5.41) is 6.97. The first kappa shape index (κ1) is 14.7. The highest BCUT2D eigenvalue weighted by Gasteiger charge is 2.27. The third-order valence-electron chi connectivity index (χ3n) is 4.00. The number of fused-ring (bicyclic) bond motifs is 1. The van der Waals surface area contributed by atoms with Gasteiger partial charge in [0.1, 0.15) is 5.82 Å². The van der Waals surface area contributed by atoms with E-state index < -0.39 is 0 Å². The maximum absolute atomic E-state index is 13.8. The minimum absolute atomic E-state index is 0.0146. The molecule has 1 N–H and O–H groups in total. The summed E-state index contributed by atoms with van der Waals surface area (Å²) in [6.45, 7) is 1.91. The van der Waals surface area contributed by atoms with Crippen LogP contribution < -0.4 is 5.32 Å². The van der Waals surface area contributed by atoms with Gasteiger partial charge >= 0.3 is 0 Å². The molecule has 0 aliphatic carbocycles. The second-order valence-corrected chi connectivity index (χ2v) is 5.56. The zero-order chi connectivity index (χ0) is 15.5. The van der Waals surface area contributed by atoms with E-state index >= 15 is 0 Å². The molecule has 2 heterocycles. The lowest BCUT2D eigenvalue weighted by atomic mass is 10.1. The standard InChI is InChI=1S/C16H19FN4O/c1-18-16(22)8-14-11-20(10-13-6-7-19-21(13)14)9-12-4-2-3-5-15(12)17/h2-7,14H,8-11H2,1H3,(H,18,22)/t14-/m1/s1. The van der Waals surface area contributed by atoms with Crippen LogP contribution in [0.25, 0.3) is 0 Å². The summed E-state index contributed by atoms with van der Waals surface area (Å²) in [4.78, 5) is 13.9. The van der Waals surface area contributed by atoms with E-state index in [9.17, 15) is 9.18 Å². The predicted molar refractivity (Wildman–Crippen MR) is 80.5 cm³/mol. The smallest absolute Gasteiger partial charge is 0.221 e. The molecule has 0 radical (unpaired) electrons. The van der Waals surface area contributed by atoms with E-state index in [1.807, 2.05) is 16.8 Å². The monoisotopic (exact) mass is 302 g/mol. The fraction of sp³-hybridized carbons (Fsp3) is 0.375. The van der Waals surface area contributed by atoms with Gasteiger partial charge in [0.2, 0.25) is 5.91 Å². The summed E-state index contributed by atoms with van der Waals surface area (Å²) in [6, 6.07) is 8.74. The molecule has 3 rings (SSSR count). The Morgan fingerprint density at radius 2 is 2.23 bits per heavy atom. The summed E-state index contributed by atoms with van der Waals surface area (Å²) in [7, 11) is 1.63. The molecule has 2 aromatic rings. The second kappa shape index (κ2) is 6.27. The van der Waals surface area contributed by atoms with Crippen molar-refractivity contribution in [3.63, 3.8) is 0 Å². The van der Waals surface area contributed by atoms with Crippen LogP contribution in [0.5, 0.6) is 0 Å². The Kier molecular flexibility index (Phi) is 4.20. The molecule has 0 saturated heterocycles. The molecule has 1 aliphatic heterocycles. The van der Waals surface area contributed by atoms with E-state index in [1.165, 1.54) is 6.07 Å². The van der Waals surface area contributed by atoms with Crippen molar-refractivity contribution >= 4 is 5.91 Å². The second-order valence-electron chi connectivity index (χ2n) is 5.56. The van der Waals surface area contributed by atoms with Crippen LogP contribution in [0.15, 0.2) is 36.5 Å². The Bertz CT molecular complexity index is 670. The number of aromatic nitrogens is 2. The van der Waals surface area contributed by atoms with Gasteiger partial charge in [0.05, 0.1) is 18.2 Å². The van der Waals surface area contributed by atoms with Crippen LogP contribution in [0.1, 0.15) is 23.7 Å². The molecule has 22 heavy (non-hydrogen) atoms. The summed E-state index contributed by atoms with van der Waals surface area (Å²) in [5.74, 6) is -0.205. The molecular formula is C16H19FN4O. The minimum atomic E-state index is -0.190. The van der Waals surface area contributed by atoms with E-state index in [0.717, 1.165) is 5.69 Å². The van der Waals surface area contributed by atoms with Crippen LogP contribution in [-0.2, 0) is 17.9 Å². The molecule has 0 saturated carbocycles. The van der Waals surface area contributed by atoms with Gasteiger partial charge in [0.25, 0.3) is 0 Å². The highest BCUT2D eigenvalue weighted by Crippen LogP contribution is 2.24. The summed E-state index contributed by atoms with van der Waals surface area (Å²) in [6.07, 6.45) is 2.12. The maximum Gasteiger partial charge on any atom is 0.221 e. The Balaban J connectivity index is 1.78. The molecule has 0 spiro atoms. The summed E-state index contributed by atoms with van der Waals surface area (Å²) in [5.41, 5.74) is 1.73. The first-order chi connectivity index (χ1) is 10.7. The number of hydrogen-bond acceptors (Lipinski definition) is 3. The Labute approximate surface area is 128 Å². The number of rotatable bonds is 4. The van der Waals surface area contributed by atoms with Crippen LogP contribution in [0.4, 0.5) is 4.39 Å². The van der Waals surface area contributed by atoms with E-state index in [4.69, 9.17) is 0 Å². The van der Waals surface area contributed by atoms with Crippen molar-refractivity contribution in [1.29, 1.82) is 0 Å². The zero-order valence-electron chi connectivity index (χ0n) is 12.5. The molecule has 1 aliphatic rings. The van der Waals surface area contributed by atoms with Crippen LogP contribution in [-0.4, -0.2) is 34.2 Å². The molecule has 0 unspecified atom stereocenters. The maximum atomic E-state index is 13.8. The van der Waals surface area contributed by atoms with Crippen LogP contribution in [0.2, 0.25) is 0 Å². The summed E-state index contributed by atoms with van der Waals surface area (Å²) < 4.78 is 15.7. The minimum Gasteiger partial charge on any atom is -0.359 e. The topological polar surface area (TPSA) is 50.2 Å². The number of carbonyl (C=O) groups excluding carboxylic acids is 1. The SMILES string of the molecule is CNC(=O)C[C@@H]1CN(Cc2ccccc2F)Cc2ccnn21. The lowest BCUT2D eigenvalue weighted by Crippen LogP contribution is -2.39.